The second kappa shape index (κ2) is 7.61. The normalized spacial score (nSPS) is 11.5. The number of ether oxygens (including phenoxy) is 1. The van der Waals surface area contributed by atoms with Crippen LogP contribution in [0, 0.1) is 11.7 Å². The molecule has 1 amide bonds. The molecule has 0 aromatic heterocycles. The molecule has 0 unspecified atom stereocenters. The van der Waals surface area contributed by atoms with Crippen molar-refractivity contribution >= 4 is 25.6 Å². The lowest BCUT2D eigenvalue weighted by atomic mass is 10.1. The Hall–Kier alpha value is -1.34. The fourth-order valence-corrected chi connectivity index (χ4v) is 2.21. The minimum absolute atomic E-state index is 0.210. The van der Waals surface area contributed by atoms with E-state index in [1.807, 2.05) is 13.8 Å². The van der Waals surface area contributed by atoms with E-state index in [1.54, 1.807) is 0 Å². The Morgan fingerprint density at radius 2 is 2.10 bits per heavy atom. The van der Waals surface area contributed by atoms with Crippen molar-refractivity contribution in [3.05, 3.63) is 24.0 Å². The highest BCUT2D eigenvalue weighted by atomic mass is 35.7. The smallest absolute Gasteiger partial charge is 0.261 e. The molecule has 0 saturated heterocycles. The first-order chi connectivity index (χ1) is 9.70. The van der Waals surface area contributed by atoms with E-state index in [-0.39, 0.29) is 23.2 Å². The minimum Gasteiger partial charge on any atom is -0.481 e. The van der Waals surface area contributed by atoms with E-state index in [4.69, 9.17) is 15.4 Å². The van der Waals surface area contributed by atoms with E-state index >= 15 is 0 Å². The fraction of sp³-hybridized carbons (Fsp3) is 0.462. The van der Waals surface area contributed by atoms with Crippen molar-refractivity contribution in [2.45, 2.75) is 25.2 Å². The summed E-state index contributed by atoms with van der Waals surface area (Å²) in [4.78, 5) is 11.1. The molecule has 0 aliphatic rings. The number of rotatable bonds is 7. The minimum atomic E-state index is -4.00. The Bertz CT molecular complexity index is 604. The highest BCUT2D eigenvalue weighted by Gasteiger charge is 2.14. The molecule has 0 saturated carbocycles. The molecule has 1 aromatic rings. The van der Waals surface area contributed by atoms with Gasteiger partial charge in [-0.15, -0.1) is 0 Å². The zero-order chi connectivity index (χ0) is 16.0. The second-order valence-corrected chi connectivity index (χ2v) is 7.42. The third kappa shape index (κ3) is 6.31. The molecule has 5 nitrogen and oxygen atoms in total. The number of halogens is 2. The lowest BCUT2D eigenvalue weighted by Crippen LogP contribution is -2.30. The molecule has 0 spiro atoms. The monoisotopic (exact) mass is 337 g/mol. The van der Waals surface area contributed by atoms with Crippen LogP contribution in [0.15, 0.2) is 23.1 Å². The third-order valence-corrected chi connectivity index (χ3v) is 3.94. The summed E-state index contributed by atoms with van der Waals surface area (Å²) in [5, 5.41) is 2.64. The summed E-state index contributed by atoms with van der Waals surface area (Å²) >= 11 is 0. The maximum atomic E-state index is 13.6. The van der Waals surface area contributed by atoms with Crippen LogP contribution in [0.25, 0.3) is 0 Å². The van der Waals surface area contributed by atoms with Crippen molar-refractivity contribution in [1.29, 1.82) is 0 Å². The van der Waals surface area contributed by atoms with Crippen LogP contribution in [0.2, 0.25) is 0 Å². The SMILES string of the molecule is CC(C)CCNC(=O)COc1ccc(S(=O)(=O)Cl)cc1F. The summed E-state index contributed by atoms with van der Waals surface area (Å²) in [6, 6.07) is 2.97. The molecule has 0 bridgehead atoms. The Labute approximate surface area is 127 Å². The topological polar surface area (TPSA) is 72.5 Å². The van der Waals surface area contributed by atoms with Crippen LogP contribution in [0.4, 0.5) is 4.39 Å². The Morgan fingerprint density at radius 1 is 1.43 bits per heavy atom. The molecule has 0 aliphatic heterocycles. The van der Waals surface area contributed by atoms with Gasteiger partial charge in [0.25, 0.3) is 15.0 Å². The van der Waals surface area contributed by atoms with E-state index in [9.17, 15) is 17.6 Å². The number of carbonyl (C=O) groups is 1. The van der Waals surface area contributed by atoms with Gasteiger partial charge in [-0.3, -0.25) is 4.79 Å². The molecule has 1 aromatic carbocycles. The summed E-state index contributed by atoms with van der Waals surface area (Å²) in [6.07, 6.45) is 0.836. The van der Waals surface area contributed by atoms with Gasteiger partial charge in [0, 0.05) is 17.2 Å². The maximum Gasteiger partial charge on any atom is 0.261 e. The first-order valence-electron chi connectivity index (χ1n) is 6.34. The molecule has 0 radical (unpaired) electrons. The Kier molecular flexibility index (Phi) is 6.42. The lowest BCUT2D eigenvalue weighted by Gasteiger charge is -2.09. The number of amides is 1. The van der Waals surface area contributed by atoms with Crippen LogP contribution in [0.3, 0.4) is 0 Å². The molecule has 118 valence electrons. The molecular formula is C13H17ClFNO4S. The molecule has 1 rings (SSSR count). The molecule has 0 fully saturated rings. The summed E-state index contributed by atoms with van der Waals surface area (Å²) in [7, 11) is 1.10. The molecule has 0 aliphatic carbocycles. The largest absolute Gasteiger partial charge is 0.481 e. The van der Waals surface area contributed by atoms with Crippen LogP contribution in [0.1, 0.15) is 20.3 Å². The first-order valence-corrected chi connectivity index (χ1v) is 8.65. The average Bonchev–Trinajstić information content (AvgIpc) is 2.35. The zero-order valence-electron chi connectivity index (χ0n) is 11.7. The molecule has 0 heterocycles. The van der Waals surface area contributed by atoms with Gasteiger partial charge < -0.3 is 10.1 Å². The quantitative estimate of drug-likeness (QED) is 0.775. The summed E-state index contributed by atoms with van der Waals surface area (Å²) in [5.74, 6) is -1.01. The number of benzene rings is 1. The fourth-order valence-electron chi connectivity index (χ4n) is 1.44. The van der Waals surface area contributed by atoms with Gasteiger partial charge in [0.15, 0.2) is 18.2 Å². The summed E-state index contributed by atoms with van der Waals surface area (Å²) < 4.78 is 40.7. The van der Waals surface area contributed by atoms with Crippen molar-refractivity contribution in [2.75, 3.05) is 13.2 Å². The second-order valence-electron chi connectivity index (χ2n) is 4.85. The van der Waals surface area contributed by atoms with Gasteiger partial charge in [-0.2, -0.15) is 0 Å². The van der Waals surface area contributed by atoms with Gasteiger partial charge in [-0.25, -0.2) is 12.8 Å². The zero-order valence-corrected chi connectivity index (χ0v) is 13.3. The van der Waals surface area contributed by atoms with Crippen molar-refractivity contribution in [1.82, 2.24) is 5.32 Å². The molecule has 1 N–H and O–H groups in total. The van der Waals surface area contributed by atoms with Crippen LogP contribution in [-0.4, -0.2) is 27.5 Å². The Morgan fingerprint density at radius 3 is 2.62 bits per heavy atom. The number of carbonyl (C=O) groups excluding carboxylic acids is 1. The first kappa shape index (κ1) is 17.7. The third-order valence-electron chi connectivity index (χ3n) is 2.59. The lowest BCUT2D eigenvalue weighted by molar-refractivity contribution is -0.123. The highest BCUT2D eigenvalue weighted by Crippen LogP contribution is 2.23. The average molecular weight is 338 g/mol. The predicted molar refractivity (Wildman–Crippen MR) is 77.4 cm³/mol. The Balaban J connectivity index is 2.54. The van der Waals surface area contributed by atoms with Crippen molar-refractivity contribution < 1.29 is 22.3 Å². The van der Waals surface area contributed by atoms with Crippen molar-refractivity contribution in [3.8, 4) is 5.75 Å². The standard InChI is InChI=1S/C13H17ClFNO4S/c1-9(2)5-6-16-13(17)8-20-12-4-3-10(7-11(12)15)21(14,18)19/h3-4,7,9H,5-6,8H2,1-2H3,(H,16,17). The van der Waals surface area contributed by atoms with Crippen LogP contribution >= 0.6 is 10.7 Å². The van der Waals surface area contributed by atoms with E-state index in [2.05, 4.69) is 5.32 Å². The molecule has 21 heavy (non-hydrogen) atoms. The summed E-state index contributed by atoms with van der Waals surface area (Å²) in [5.41, 5.74) is 0. The van der Waals surface area contributed by atoms with Crippen LogP contribution < -0.4 is 10.1 Å². The number of nitrogens with one attached hydrogen (secondary N) is 1. The van der Waals surface area contributed by atoms with Gasteiger partial charge in [-0.1, -0.05) is 13.8 Å². The molecular weight excluding hydrogens is 321 g/mol. The van der Waals surface area contributed by atoms with E-state index in [0.29, 0.717) is 12.5 Å². The van der Waals surface area contributed by atoms with Gasteiger partial charge in [0.05, 0.1) is 4.90 Å². The van der Waals surface area contributed by atoms with Gasteiger partial charge in [-0.05, 0) is 30.5 Å². The predicted octanol–water partition coefficient (Wildman–Crippen LogP) is 2.29. The highest BCUT2D eigenvalue weighted by molar-refractivity contribution is 8.13. The van der Waals surface area contributed by atoms with Crippen molar-refractivity contribution in [3.63, 3.8) is 0 Å². The maximum absolute atomic E-state index is 13.6. The summed E-state index contributed by atoms with van der Waals surface area (Å²) in [6.45, 7) is 4.24. The molecule has 0 atom stereocenters. The van der Waals surface area contributed by atoms with E-state index in [1.165, 1.54) is 0 Å². The number of hydrogen-bond donors (Lipinski definition) is 1. The van der Waals surface area contributed by atoms with Crippen LogP contribution in [-0.2, 0) is 13.8 Å². The van der Waals surface area contributed by atoms with Crippen molar-refractivity contribution in [2.24, 2.45) is 5.92 Å². The van der Waals surface area contributed by atoms with Crippen LogP contribution in [0.5, 0.6) is 5.75 Å². The number of hydrogen-bond acceptors (Lipinski definition) is 4. The van der Waals surface area contributed by atoms with E-state index < -0.39 is 14.9 Å². The van der Waals surface area contributed by atoms with Gasteiger partial charge >= 0.3 is 0 Å². The van der Waals surface area contributed by atoms with Gasteiger partial charge in [0.2, 0.25) is 0 Å². The molecule has 8 heteroatoms. The van der Waals surface area contributed by atoms with Gasteiger partial charge in [0.1, 0.15) is 0 Å². The van der Waals surface area contributed by atoms with E-state index in [0.717, 1.165) is 24.6 Å².